The Kier molecular flexibility index (Phi) is 9.12. The molecule has 3 aromatic carbocycles. The van der Waals surface area contributed by atoms with E-state index in [1.165, 1.54) is 27.9 Å². The van der Waals surface area contributed by atoms with E-state index in [4.69, 9.17) is 14.2 Å². The third kappa shape index (κ3) is 6.19. The number of carbonyl (C=O) groups is 1. The molecular formula is C45H56N4O5. The second-order valence-electron chi connectivity index (χ2n) is 17.5. The van der Waals surface area contributed by atoms with Crippen LogP contribution in [0.5, 0.6) is 11.5 Å². The number of fused-ring (bicyclic) bond motifs is 6. The molecule has 2 aliphatic carbocycles. The van der Waals surface area contributed by atoms with Gasteiger partial charge in [-0.1, -0.05) is 42.5 Å². The Labute approximate surface area is 319 Å². The zero-order valence-corrected chi connectivity index (χ0v) is 31.7. The summed E-state index contributed by atoms with van der Waals surface area (Å²) in [6, 6.07) is 24.6. The van der Waals surface area contributed by atoms with Gasteiger partial charge in [-0.3, -0.25) is 9.69 Å². The SMILES string of the molecule is COc1cc(N2CCC3(CC2)C[C@@H](CN2CCN4C5CCC6C(=O)NCC6C5OC[C@H]4C2)CO3)ccc1[C@@H]1c2ccc(O)cc2CC[C@@H]1c1ccccc1. The molecule has 7 aliphatic rings. The van der Waals surface area contributed by atoms with Crippen molar-refractivity contribution in [1.29, 1.82) is 0 Å². The van der Waals surface area contributed by atoms with Crippen molar-refractivity contribution in [2.24, 2.45) is 17.8 Å². The van der Waals surface area contributed by atoms with Crippen LogP contribution < -0.4 is 15.0 Å². The van der Waals surface area contributed by atoms with Crippen LogP contribution in [0.1, 0.15) is 72.6 Å². The van der Waals surface area contributed by atoms with Crippen LogP contribution in [-0.4, -0.2) is 111 Å². The Morgan fingerprint density at radius 1 is 0.926 bits per heavy atom. The summed E-state index contributed by atoms with van der Waals surface area (Å²) < 4.78 is 19.5. The van der Waals surface area contributed by atoms with Crippen LogP contribution in [0.4, 0.5) is 5.69 Å². The van der Waals surface area contributed by atoms with E-state index in [0.717, 1.165) is 110 Å². The van der Waals surface area contributed by atoms with Gasteiger partial charge in [0.15, 0.2) is 0 Å². The topological polar surface area (TPSA) is 86.7 Å². The maximum absolute atomic E-state index is 12.3. The number of ether oxygens (including phenoxy) is 3. The summed E-state index contributed by atoms with van der Waals surface area (Å²) in [4.78, 5) is 20.3. The molecule has 2 N–H and O–H groups in total. The van der Waals surface area contributed by atoms with E-state index in [-0.39, 0.29) is 29.4 Å². The monoisotopic (exact) mass is 732 g/mol. The van der Waals surface area contributed by atoms with Crippen LogP contribution in [0.2, 0.25) is 0 Å². The number of morpholine rings is 1. The molecule has 8 atom stereocenters. The zero-order chi connectivity index (χ0) is 36.4. The largest absolute Gasteiger partial charge is 0.508 e. The smallest absolute Gasteiger partial charge is 0.223 e. The van der Waals surface area contributed by atoms with E-state index < -0.39 is 0 Å². The van der Waals surface area contributed by atoms with Gasteiger partial charge in [0.25, 0.3) is 0 Å². The number of nitrogens with one attached hydrogen (secondary N) is 1. The van der Waals surface area contributed by atoms with E-state index in [2.05, 4.69) is 74.6 Å². The standard InChI is InChI=1S/C45H56N4O5/c1-52-41-22-32(8-11-38(41)42-35(30-5-3-2-4-6-30)10-7-31-21-34(50)9-12-36(31)42)48-17-15-45(16-18-48)23-29(27-54-45)25-47-19-20-49-33(26-47)28-53-43-39-24-46-44(51)37(39)13-14-40(43)49/h2-6,8-9,11-12,21-22,29,33,35,37,39-40,42-43,50H,7,10,13-20,23-28H2,1H3,(H,46,51)/t29-,33+,35+,37?,39?,40?,42-,43?/m0/s1. The summed E-state index contributed by atoms with van der Waals surface area (Å²) in [6.45, 7) is 8.80. The minimum atomic E-state index is -0.0140. The predicted octanol–water partition coefficient (Wildman–Crippen LogP) is 5.55. The van der Waals surface area contributed by atoms with Crippen molar-refractivity contribution in [3.8, 4) is 11.5 Å². The molecule has 1 amide bonds. The molecule has 1 spiro atoms. The lowest BCUT2D eigenvalue weighted by Gasteiger charge is -2.54. The number of rotatable bonds is 6. The highest BCUT2D eigenvalue weighted by molar-refractivity contribution is 5.81. The van der Waals surface area contributed by atoms with Gasteiger partial charge < -0.3 is 34.4 Å². The molecule has 0 aromatic heterocycles. The fraction of sp³-hybridized carbons (Fsp3) is 0.578. The lowest BCUT2D eigenvalue weighted by atomic mass is 9.69. The summed E-state index contributed by atoms with van der Waals surface area (Å²) in [5.74, 6) is 3.08. The van der Waals surface area contributed by atoms with Crippen LogP contribution in [0.15, 0.2) is 66.7 Å². The molecular weight excluding hydrogens is 677 g/mol. The molecule has 0 radical (unpaired) electrons. The van der Waals surface area contributed by atoms with Gasteiger partial charge in [0.2, 0.25) is 5.91 Å². The van der Waals surface area contributed by atoms with Gasteiger partial charge in [-0.2, -0.15) is 0 Å². The number of benzene rings is 3. The molecule has 5 aliphatic heterocycles. The number of piperidine rings is 1. The van der Waals surface area contributed by atoms with Crippen molar-refractivity contribution in [3.05, 3.63) is 89.0 Å². The molecule has 3 aromatic rings. The fourth-order valence-corrected chi connectivity index (χ4v) is 12.0. The van der Waals surface area contributed by atoms with Crippen molar-refractivity contribution in [1.82, 2.24) is 15.1 Å². The van der Waals surface area contributed by atoms with E-state index >= 15 is 0 Å². The number of hydrogen-bond donors (Lipinski definition) is 2. The Balaban J connectivity index is 0.774. The van der Waals surface area contributed by atoms with Crippen LogP contribution in [0.25, 0.3) is 0 Å². The first-order valence-corrected chi connectivity index (χ1v) is 20.8. The molecule has 9 nitrogen and oxygen atoms in total. The molecule has 5 heterocycles. The molecule has 4 unspecified atom stereocenters. The van der Waals surface area contributed by atoms with E-state index in [0.29, 0.717) is 35.6 Å². The number of carbonyl (C=O) groups excluding carboxylic acids is 1. The highest BCUT2D eigenvalue weighted by Gasteiger charge is 2.52. The summed E-state index contributed by atoms with van der Waals surface area (Å²) >= 11 is 0. The van der Waals surface area contributed by atoms with Crippen LogP contribution in [0.3, 0.4) is 0 Å². The van der Waals surface area contributed by atoms with Crippen molar-refractivity contribution < 1.29 is 24.1 Å². The molecule has 5 saturated heterocycles. The average molecular weight is 733 g/mol. The molecule has 6 fully saturated rings. The number of aryl methyl sites for hydroxylation is 1. The van der Waals surface area contributed by atoms with Crippen molar-refractivity contribution in [2.75, 3.05) is 71.0 Å². The van der Waals surface area contributed by atoms with Gasteiger partial charge in [0.05, 0.1) is 32.0 Å². The number of anilines is 1. The Bertz CT molecular complexity index is 1850. The highest BCUT2D eigenvalue weighted by Crippen LogP contribution is 2.50. The van der Waals surface area contributed by atoms with Gasteiger partial charge in [-0.05, 0) is 91.7 Å². The first-order chi connectivity index (χ1) is 26.4. The Hall–Kier alpha value is -3.63. The molecule has 9 heteroatoms. The third-order valence-electron chi connectivity index (χ3n) is 14.7. The average Bonchev–Trinajstić information content (AvgIpc) is 3.79. The Morgan fingerprint density at radius 2 is 1.78 bits per heavy atom. The molecule has 10 rings (SSSR count). The number of aromatic hydroxyl groups is 1. The van der Waals surface area contributed by atoms with Crippen LogP contribution >= 0.6 is 0 Å². The van der Waals surface area contributed by atoms with Gasteiger partial charge in [0.1, 0.15) is 11.5 Å². The molecule has 54 heavy (non-hydrogen) atoms. The van der Waals surface area contributed by atoms with Crippen molar-refractivity contribution in [2.45, 2.75) is 80.6 Å². The number of piperazine rings is 1. The number of phenols is 1. The lowest BCUT2D eigenvalue weighted by Crippen LogP contribution is -2.67. The van der Waals surface area contributed by atoms with E-state index in [9.17, 15) is 9.90 Å². The van der Waals surface area contributed by atoms with Crippen molar-refractivity contribution in [3.63, 3.8) is 0 Å². The van der Waals surface area contributed by atoms with Gasteiger partial charge >= 0.3 is 0 Å². The second kappa shape index (κ2) is 14.1. The molecule has 1 saturated carbocycles. The second-order valence-corrected chi connectivity index (χ2v) is 17.5. The first kappa shape index (κ1) is 34.8. The minimum absolute atomic E-state index is 0.0140. The van der Waals surface area contributed by atoms with Crippen LogP contribution in [0, 0.1) is 17.8 Å². The van der Waals surface area contributed by atoms with E-state index in [1.807, 2.05) is 12.1 Å². The van der Waals surface area contributed by atoms with Crippen molar-refractivity contribution >= 4 is 11.6 Å². The zero-order valence-electron chi connectivity index (χ0n) is 31.7. The first-order valence-electron chi connectivity index (χ1n) is 20.8. The maximum Gasteiger partial charge on any atom is 0.223 e. The van der Waals surface area contributed by atoms with E-state index in [1.54, 1.807) is 7.11 Å². The number of amides is 1. The third-order valence-corrected chi connectivity index (χ3v) is 14.7. The minimum Gasteiger partial charge on any atom is -0.508 e. The number of hydrogen-bond acceptors (Lipinski definition) is 8. The molecule has 286 valence electrons. The normalized spacial score (nSPS) is 33.4. The Morgan fingerprint density at radius 3 is 2.63 bits per heavy atom. The summed E-state index contributed by atoms with van der Waals surface area (Å²) in [5.41, 5.74) is 6.30. The predicted molar refractivity (Wildman–Crippen MR) is 208 cm³/mol. The quantitative estimate of drug-likeness (QED) is 0.342. The number of nitrogens with zero attached hydrogens (tertiary/aromatic N) is 3. The van der Waals surface area contributed by atoms with Gasteiger partial charge in [-0.15, -0.1) is 0 Å². The van der Waals surface area contributed by atoms with Gasteiger partial charge in [0, 0.05) is 93.0 Å². The lowest BCUT2D eigenvalue weighted by molar-refractivity contribution is -0.164. The van der Waals surface area contributed by atoms with Crippen LogP contribution in [-0.2, 0) is 20.7 Å². The number of phenolic OH excluding ortho intramolecular Hbond substituents is 1. The fourth-order valence-electron chi connectivity index (χ4n) is 12.0. The highest BCUT2D eigenvalue weighted by atomic mass is 16.5. The molecule has 0 bridgehead atoms. The summed E-state index contributed by atoms with van der Waals surface area (Å²) in [6.07, 6.45) is 7.52. The van der Waals surface area contributed by atoms with Gasteiger partial charge in [-0.25, -0.2) is 0 Å². The number of methoxy groups -OCH3 is 1. The summed E-state index contributed by atoms with van der Waals surface area (Å²) in [5, 5.41) is 13.4. The summed E-state index contributed by atoms with van der Waals surface area (Å²) in [7, 11) is 1.80. The maximum atomic E-state index is 12.3.